The highest BCUT2D eigenvalue weighted by molar-refractivity contribution is 7.10. The molecule has 0 amide bonds. The van der Waals surface area contributed by atoms with Crippen molar-refractivity contribution >= 4 is 11.3 Å². The summed E-state index contributed by atoms with van der Waals surface area (Å²) in [4.78, 5) is 1.48. The van der Waals surface area contributed by atoms with E-state index in [1.165, 1.54) is 23.3 Å². The molecule has 1 heterocycles. The van der Waals surface area contributed by atoms with E-state index in [0.29, 0.717) is 6.04 Å². The van der Waals surface area contributed by atoms with Crippen LogP contribution in [-0.4, -0.2) is 6.54 Å². The van der Waals surface area contributed by atoms with Crippen molar-refractivity contribution in [2.75, 3.05) is 6.54 Å². The summed E-state index contributed by atoms with van der Waals surface area (Å²) in [6.07, 6.45) is 2.54. The molecule has 0 bridgehead atoms. The number of thiophene rings is 1. The van der Waals surface area contributed by atoms with E-state index in [1.54, 1.807) is 0 Å². The zero-order chi connectivity index (χ0) is 9.68. The molecule has 0 aliphatic rings. The maximum atomic E-state index is 3.54. The van der Waals surface area contributed by atoms with Crippen molar-refractivity contribution < 1.29 is 0 Å². The summed E-state index contributed by atoms with van der Waals surface area (Å²) in [5.41, 5.74) is 1.42. The van der Waals surface area contributed by atoms with Gasteiger partial charge in [0, 0.05) is 10.9 Å². The Balaban J connectivity index is 2.39. The van der Waals surface area contributed by atoms with Crippen LogP contribution in [0.2, 0.25) is 0 Å². The van der Waals surface area contributed by atoms with Crippen LogP contribution in [0.15, 0.2) is 11.4 Å². The molecular formula is C11H19NS. The predicted octanol–water partition coefficient (Wildman–Crippen LogP) is 3.51. The molecule has 0 saturated heterocycles. The Hall–Kier alpha value is -0.340. The fourth-order valence-corrected chi connectivity index (χ4v) is 2.38. The summed E-state index contributed by atoms with van der Waals surface area (Å²) in [7, 11) is 0. The maximum Gasteiger partial charge on any atom is 0.0388 e. The first-order valence-corrected chi connectivity index (χ1v) is 5.91. The Labute approximate surface area is 85.2 Å². The first kappa shape index (κ1) is 10.7. The lowest BCUT2D eigenvalue weighted by Crippen LogP contribution is -2.19. The van der Waals surface area contributed by atoms with Crippen molar-refractivity contribution in [3.63, 3.8) is 0 Å². The van der Waals surface area contributed by atoms with Gasteiger partial charge in [-0.1, -0.05) is 13.3 Å². The molecule has 1 nitrogen and oxygen atoms in total. The second-order valence-electron chi connectivity index (χ2n) is 3.50. The molecule has 74 valence electrons. The van der Waals surface area contributed by atoms with Crippen molar-refractivity contribution in [2.45, 2.75) is 39.7 Å². The maximum absolute atomic E-state index is 3.54. The summed E-state index contributed by atoms with van der Waals surface area (Å²) in [6, 6.07) is 2.71. The summed E-state index contributed by atoms with van der Waals surface area (Å²) in [6.45, 7) is 7.79. The van der Waals surface area contributed by atoms with Gasteiger partial charge in [0.05, 0.1) is 0 Å². The van der Waals surface area contributed by atoms with Crippen LogP contribution in [0.1, 0.15) is 43.2 Å². The molecular weight excluding hydrogens is 178 g/mol. The summed E-state index contributed by atoms with van der Waals surface area (Å²) in [5, 5.41) is 5.71. The van der Waals surface area contributed by atoms with Crippen molar-refractivity contribution in [1.82, 2.24) is 5.32 Å². The first-order chi connectivity index (χ1) is 6.25. The van der Waals surface area contributed by atoms with Crippen LogP contribution in [0.25, 0.3) is 0 Å². The minimum atomic E-state index is 0.520. The van der Waals surface area contributed by atoms with E-state index < -0.39 is 0 Å². The van der Waals surface area contributed by atoms with E-state index in [2.05, 4.69) is 37.5 Å². The van der Waals surface area contributed by atoms with Crippen LogP contribution < -0.4 is 5.32 Å². The fraction of sp³-hybridized carbons (Fsp3) is 0.636. The van der Waals surface area contributed by atoms with Gasteiger partial charge in [-0.3, -0.25) is 0 Å². The number of hydrogen-bond donors (Lipinski definition) is 1. The highest BCUT2D eigenvalue weighted by Crippen LogP contribution is 2.23. The van der Waals surface area contributed by atoms with Gasteiger partial charge >= 0.3 is 0 Å². The Morgan fingerprint density at radius 2 is 2.31 bits per heavy atom. The zero-order valence-electron chi connectivity index (χ0n) is 8.76. The van der Waals surface area contributed by atoms with Crippen LogP contribution in [0.5, 0.6) is 0 Å². The van der Waals surface area contributed by atoms with E-state index in [4.69, 9.17) is 0 Å². The van der Waals surface area contributed by atoms with Gasteiger partial charge in [0.1, 0.15) is 0 Å². The van der Waals surface area contributed by atoms with Crippen molar-refractivity contribution in [1.29, 1.82) is 0 Å². The molecule has 1 N–H and O–H groups in total. The third-order valence-corrected chi connectivity index (χ3v) is 3.48. The van der Waals surface area contributed by atoms with E-state index in [0.717, 1.165) is 6.54 Å². The Bertz CT molecular complexity index is 242. The highest BCUT2D eigenvalue weighted by Gasteiger charge is 2.07. The standard InChI is InChI=1S/C11H19NS/c1-4-5-7-12-10(3)11-9(2)6-8-13-11/h6,8,10,12H,4-5,7H2,1-3H3/t10-/m0/s1. The molecule has 0 fully saturated rings. The lowest BCUT2D eigenvalue weighted by molar-refractivity contribution is 0.559. The van der Waals surface area contributed by atoms with Crippen LogP contribution >= 0.6 is 11.3 Å². The minimum Gasteiger partial charge on any atom is -0.309 e. The topological polar surface area (TPSA) is 12.0 Å². The second kappa shape index (κ2) is 5.40. The average molecular weight is 197 g/mol. The van der Waals surface area contributed by atoms with E-state index in [-0.39, 0.29) is 0 Å². The van der Waals surface area contributed by atoms with Gasteiger partial charge in [-0.25, -0.2) is 0 Å². The van der Waals surface area contributed by atoms with Gasteiger partial charge in [0.2, 0.25) is 0 Å². The zero-order valence-corrected chi connectivity index (χ0v) is 9.58. The smallest absolute Gasteiger partial charge is 0.0388 e. The van der Waals surface area contributed by atoms with Gasteiger partial charge in [0.15, 0.2) is 0 Å². The number of hydrogen-bond acceptors (Lipinski definition) is 2. The Kier molecular flexibility index (Phi) is 4.46. The van der Waals surface area contributed by atoms with E-state index in [1.807, 2.05) is 11.3 Å². The molecule has 1 rings (SSSR count). The average Bonchev–Trinajstić information content (AvgIpc) is 2.52. The van der Waals surface area contributed by atoms with Gasteiger partial charge < -0.3 is 5.32 Å². The van der Waals surface area contributed by atoms with Crippen LogP contribution in [0.3, 0.4) is 0 Å². The Morgan fingerprint density at radius 1 is 1.54 bits per heavy atom. The van der Waals surface area contributed by atoms with Gasteiger partial charge in [-0.2, -0.15) is 0 Å². The second-order valence-corrected chi connectivity index (χ2v) is 4.44. The Morgan fingerprint density at radius 3 is 2.85 bits per heavy atom. The molecule has 0 radical (unpaired) electrons. The molecule has 0 aliphatic heterocycles. The van der Waals surface area contributed by atoms with Gasteiger partial charge in [0.25, 0.3) is 0 Å². The normalized spacial score (nSPS) is 13.2. The number of nitrogens with one attached hydrogen (secondary N) is 1. The van der Waals surface area contributed by atoms with Crippen LogP contribution in [0.4, 0.5) is 0 Å². The van der Waals surface area contributed by atoms with Crippen molar-refractivity contribution in [3.8, 4) is 0 Å². The molecule has 0 saturated carbocycles. The molecule has 1 aromatic heterocycles. The molecule has 0 aromatic carbocycles. The summed E-state index contributed by atoms with van der Waals surface area (Å²) >= 11 is 1.85. The molecule has 0 spiro atoms. The van der Waals surface area contributed by atoms with E-state index in [9.17, 15) is 0 Å². The van der Waals surface area contributed by atoms with Crippen molar-refractivity contribution in [2.24, 2.45) is 0 Å². The third kappa shape index (κ3) is 3.12. The first-order valence-electron chi connectivity index (χ1n) is 5.03. The number of rotatable bonds is 5. The minimum absolute atomic E-state index is 0.520. The molecule has 2 heteroatoms. The molecule has 13 heavy (non-hydrogen) atoms. The quantitative estimate of drug-likeness (QED) is 0.712. The van der Waals surface area contributed by atoms with Crippen LogP contribution in [0, 0.1) is 6.92 Å². The largest absolute Gasteiger partial charge is 0.309 e. The number of aryl methyl sites for hydroxylation is 1. The third-order valence-electron chi connectivity index (χ3n) is 2.28. The SMILES string of the molecule is CCCCN[C@@H](C)c1sccc1C. The van der Waals surface area contributed by atoms with Crippen molar-refractivity contribution in [3.05, 3.63) is 21.9 Å². The van der Waals surface area contributed by atoms with Crippen LogP contribution in [-0.2, 0) is 0 Å². The number of unbranched alkanes of at least 4 members (excludes halogenated alkanes) is 1. The molecule has 1 aromatic rings. The van der Waals surface area contributed by atoms with E-state index >= 15 is 0 Å². The van der Waals surface area contributed by atoms with Gasteiger partial charge in [-0.15, -0.1) is 11.3 Å². The van der Waals surface area contributed by atoms with Gasteiger partial charge in [-0.05, 0) is 43.8 Å². The predicted molar refractivity (Wildman–Crippen MR) is 60.4 cm³/mol. The fourth-order valence-electron chi connectivity index (χ4n) is 1.42. The highest BCUT2D eigenvalue weighted by atomic mass is 32.1. The molecule has 1 atom stereocenters. The summed E-state index contributed by atoms with van der Waals surface area (Å²) in [5.74, 6) is 0. The monoisotopic (exact) mass is 197 g/mol. The lowest BCUT2D eigenvalue weighted by Gasteiger charge is -2.12. The lowest BCUT2D eigenvalue weighted by atomic mass is 10.2. The molecule has 0 unspecified atom stereocenters. The molecule has 0 aliphatic carbocycles. The summed E-state index contributed by atoms with van der Waals surface area (Å²) < 4.78 is 0.